The molecule has 0 aromatic heterocycles. The van der Waals surface area contributed by atoms with E-state index in [2.05, 4.69) is 17.6 Å². The van der Waals surface area contributed by atoms with Crippen LogP contribution in [0.2, 0.25) is 0 Å². The van der Waals surface area contributed by atoms with Crippen molar-refractivity contribution >= 4 is 17.1 Å². The Balaban J connectivity index is 2.08. The Morgan fingerprint density at radius 2 is 2.14 bits per heavy atom. The van der Waals surface area contributed by atoms with E-state index in [0.717, 1.165) is 25.7 Å². The number of nitrogens with one attached hydrogen (secondary N) is 2. The quantitative estimate of drug-likeness (QED) is 0.574. The van der Waals surface area contributed by atoms with E-state index in [-0.39, 0.29) is 5.69 Å². The van der Waals surface area contributed by atoms with Crippen molar-refractivity contribution in [1.82, 2.24) is 0 Å². The third-order valence-electron chi connectivity index (χ3n) is 4.11. The number of nitro benzene ring substituents is 1. The zero-order valence-electron chi connectivity index (χ0n) is 12.6. The monoisotopic (exact) mass is 293 g/mol. The minimum atomic E-state index is -0.720. The lowest BCUT2D eigenvalue weighted by atomic mass is 9.79. The number of anilines is 2. The second-order valence-corrected chi connectivity index (χ2v) is 6.06. The molecule has 6 nitrogen and oxygen atoms in total. The Kier molecular flexibility index (Phi) is 4.67. The molecule has 1 aliphatic carbocycles. The van der Waals surface area contributed by atoms with E-state index < -0.39 is 10.5 Å². The molecule has 3 N–H and O–H groups in total. The number of rotatable bonds is 5. The lowest BCUT2D eigenvalue weighted by Crippen LogP contribution is -2.41. The fraction of sp³-hybridized carbons (Fsp3) is 0.600. The molecular weight excluding hydrogens is 270 g/mol. The molecule has 0 amide bonds. The smallest absolute Gasteiger partial charge is 0.273 e. The van der Waals surface area contributed by atoms with Crippen LogP contribution >= 0.6 is 0 Å². The first-order valence-electron chi connectivity index (χ1n) is 7.35. The molecule has 2 atom stereocenters. The number of aliphatic hydroxyl groups is 1. The van der Waals surface area contributed by atoms with E-state index >= 15 is 0 Å². The summed E-state index contributed by atoms with van der Waals surface area (Å²) in [6.07, 6.45) is 3.73. The summed E-state index contributed by atoms with van der Waals surface area (Å²) in [7, 11) is 1.72. The van der Waals surface area contributed by atoms with Crippen molar-refractivity contribution in [1.29, 1.82) is 0 Å². The van der Waals surface area contributed by atoms with Gasteiger partial charge in [0.15, 0.2) is 0 Å². The molecule has 1 fully saturated rings. The van der Waals surface area contributed by atoms with Crippen LogP contribution in [-0.2, 0) is 0 Å². The number of non-ortho nitro benzene ring substituents is 1. The van der Waals surface area contributed by atoms with Gasteiger partial charge in [-0.2, -0.15) is 0 Å². The maximum absolute atomic E-state index is 10.9. The number of benzene rings is 1. The summed E-state index contributed by atoms with van der Waals surface area (Å²) in [4.78, 5) is 10.5. The zero-order chi connectivity index (χ0) is 15.5. The average molecular weight is 293 g/mol. The summed E-state index contributed by atoms with van der Waals surface area (Å²) in [6, 6.07) is 4.79. The summed E-state index contributed by atoms with van der Waals surface area (Å²) in [5.74, 6) is 0.517. The first-order chi connectivity index (χ1) is 9.92. The van der Waals surface area contributed by atoms with Gasteiger partial charge in [0.1, 0.15) is 0 Å². The summed E-state index contributed by atoms with van der Waals surface area (Å²) in [6.45, 7) is 2.57. The molecule has 2 rings (SSSR count). The van der Waals surface area contributed by atoms with E-state index in [0.29, 0.717) is 23.8 Å². The molecule has 0 saturated heterocycles. The van der Waals surface area contributed by atoms with E-state index in [1.165, 1.54) is 12.1 Å². The lowest BCUT2D eigenvalue weighted by molar-refractivity contribution is -0.384. The van der Waals surface area contributed by atoms with Crippen molar-refractivity contribution < 1.29 is 10.0 Å². The van der Waals surface area contributed by atoms with Crippen molar-refractivity contribution in [2.24, 2.45) is 5.92 Å². The van der Waals surface area contributed by atoms with Gasteiger partial charge in [-0.3, -0.25) is 10.1 Å². The Morgan fingerprint density at radius 1 is 1.43 bits per heavy atom. The number of nitrogens with zero attached hydrogens (tertiary/aromatic N) is 1. The molecule has 0 radical (unpaired) electrons. The molecular formula is C15H23N3O3. The van der Waals surface area contributed by atoms with Gasteiger partial charge in [-0.05, 0) is 24.8 Å². The van der Waals surface area contributed by atoms with Crippen molar-refractivity contribution in [3.8, 4) is 0 Å². The normalized spacial score (nSPS) is 25.4. The molecule has 1 aromatic rings. The van der Waals surface area contributed by atoms with Crippen molar-refractivity contribution in [3.63, 3.8) is 0 Å². The number of hydrogen-bond donors (Lipinski definition) is 3. The third kappa shape index (κ3) is 4.07. The largest absolute Gasteiger partial charge is 0.388 e. The third-order valence-corrected chi connectivity index (χ3v) is 4.11. The number of hydrogen-bond acceptors (Lipinski definition) is 5. The molecule has 0 aliphatic heterocycles. The summed E-state index contributed by atoms with van der Waals surface area (Å²) < 4.78 is 0. The minimum absolute atomic E-state index is 0.0355. The van der Waals surface area contributed by atoms with Gasteiger partial charge < -0.3 is 15.7 Å². The lowest BCUT2D eigenvalue weighted by Gasteiger charge is -2.35. The zero-order valence-corrected chi connectivity index (χ0v) is 12.6. The molecule has 116 valence electrons. The highest BCUT2D eigenvalue weighted by Crippen LogP contribution is 2.33. The van der Waals surface area contributed by atoms with Gasteiger partial charge in [-0.25, -0.2) is 0 Å². The molecule has 0 spiro atoms. The van der Waals surface area contributed by atoms with E-state index in [1.54, 1.807) is 7.05 Å². The van der Waals surface area contributed by atoms with Crippen molar-refractivity contribution in [2.45, 2.75) is 38.2 Å². The van der Waals surface area contributed by atoms with Crippen LogP contribution in [0.15, 0.2) is 18.2 Å². The van der Waals surface area contributed by atoms with Gasteiger partial charge in [0.05, 0.1) is 10.5 Å². The van der Waals surface area contributed by atoms with Crippen LogP contribution in [0.4, 0.5) is 17.1 Å². The molecule has 2 unspecified atom stereocenters. The summed E-state index contributed by atoms with van der Waals surface area (Å²) >= 11 is 0. The van der Waals surface area contributed by atoms with E-state index in [9.17, 15) is 15.2 Å². The summed E-state index contributed by atoms with van der Waals surface area (Å²) in [5, 5.41) is 27.6. The first-order valence-corrected chi connectivity index (χ1v) is 7.35. The van der Waals surface area contributed by atoms with Crippen LogP contribution in [0.1, 0.15) is 32.6 Å². The fourth-order valence-corrected chi connectivity index (χ4v) is 3.02. The molecule has 6 heteroatoms. The highest BCUT2D eigenvalue weighted by atomic mass is 16.6. The SMILES string of the molecule is CNc1cc(NCC2(O)CCCC(C)C2)cc([N+](=O)[O-])c1. The summed E-state index contributed by atoms with van der Waals surface area (Å²) in [5.41, 5.74) is 0.645. The van der Waals surface area contributed by atoms with Crippen LogP contribution in [0, 0.1) is 16.0 Å². The molecule has 1 aliphatic rings. The molecule has 0 heterocycles. The molecule has 1 aromatic carbocycles. The molecule has 0 bridgehead atoms. The predicted octanol–water partition coefficient (Wildman–Crippen LogP) is 2.99. The Morgan fingerprint density at radius 3 is 2.76 bits per heavy atom. The van der Waals surface area contributed by atoms with Gasteiger partial charge in [-0.15, -0.1) is 0 Å². The Bertz CT molecular complexity index is 521. The van der Waals surface area contributed by atoms with Crippen molar-refractivity contribution in [2.75, 3.05) is 24.2 Å². The van der Waals surface area contributed by atoms with Crippen LogP contribution in [0.5, 0.6) is 0 Å². The first kappa shape index (κ1) is 15.6. The van der Waals surface area contributed by atoms with Crippen LogP contribution in [-0.4, -0.2) is 29.2 Å². The number of nitro groups is 1. The van der Waals surface area contributed by atoms with Gasteiger partial charge in [0.2, 0.25) is 0 Å². The predicted molar refractivity (Wildman–Crippen MR) is 83.7 cm³/mol. The Hall–Kier alpha value is -1.82. The maximum Gasteiger partial charge on any atom is 0.273 e. The average Bonchev–Trinajstić information content (AvgIpc) is 2.44. The Labute approximate surface area is 124 Å². The van der Waals surface area contributed by atoms with Gasteiger partial charge in [-0.1, -0.05) is 19.8 Å². The van der Waals surface area contributed by atoms with E-state index in [1.807, 2.05) is 6.07 Å². The van der Waals surface area contributed by atoms with Gasteiger partial charge >= 0.3 is 0 Å². The van der Waals surface area contributed by atoms with Crippen molar-refractivity contribution in [3.05, 3.63) is 28.3 Å². The van der Waals surface area contributed by atoms with Gasteiger partial charge in [0.25, 0.3) is 5.69 Å². The molecule has 1 saturated carbocycles. The van der Waals surface area contributed by atoms with Gasteiger partial charge in [0, 0.05) is 37.1 Å². The second kappa shape index (κ2) is 6.30. The fourth-order valence-electron chi connectivity index (χ4n) is 3.02. The van der Waals surface area contributed by atoms with Crippen LogP contribution in [0.3, 0.4) is 0 Å². The highest BCUT2D eigenvalue weighted by Gasteiger charge is 2.32. The topological polar surface area (TPSA) is 87.4 Å². The highest BCUT2D eigenvalue weighted by molar-refractivity contribution is 5.63. The second-order valence-electron chi connectivity index (χ2n) is 6.06. The van der Waals surface area contributed by atoms with Crippen LogP contribution < -0.4 is 10.6 Å². The maximum atomic E-state index is 10.9. The molecule has 21 heavy (non-hydrogen) atoms. The standard InChI is InChI=1S/C15H23N3O3/c1-11-4-3-5-15(19,9-11)10-17-13-6-12(16-2)7-14(8-13)18(20)21/h6-8,11,16-17,19H,3-5,9-10H2,1-2H3. The minimum Gasteiger partial charge on any atom is -0.388 e. The van der Waals surface area contributed by atoms with E-state index in [4.69, 9.17) is 0 Å². The van der Waals surface area contributed by atoms with Crippen LogP contribution in [0.25, 0.3) is 0 Å².